The fraction of sp³-hybridized carbons (Fsp3) is 0.348. The molecule has 0 aliphatic carbocycles. The van der Waals surface area contributed by atoms with Crippen LogP contribution in [0.15, 0.2) is 72.8 Å². The quantitative estimate of drug-likeness (QED) is 0.411. The second-order valence-electron chi connectivity index (χ2n) is 7.99. The van der Waals surface area contributed by atoms with E-state index in [4.69, 9.17) is 9.16 Å². The SMILES string of the molecule is C=C(C)COC(=O)[C@H](C)O[Si](c1ccccc1)(c1ccccc1)C(C)(C)C. The van der Waals surface area contributed by atoms with Crippen LogP contribution in [0, 0.1) is 0 Å². The van der Waals surface area contributed by atoms with E-state index in [1.54, 1.807) is 6.92 Å². The molecule has 0 aliphatic heterocycles. The number of carbonyl (C=O) groups excluding carboxylic acids is 1. The highest BCUT2D eigenvalue weighted by Gasteiger charge is 2.51. The van der Waals surface area contributed by atoms with E-state index >= 15 is 0 Å². The highest BCUT2D eigenvalue weighted by atomic mass is 28.4. The average molecular weight is 383 g/mol. The minimum atomic E-state index is -2.75. The monoisotopic (exact) mass is 382 g/mol. The highest BCUT2D eigenvalue weighted by molar-refractivity contribution is 6.99. The summed E-state index contributed by atoms with van der Waals surface area (Å²) < 4.78 is 12.1. The summed E-state index contributed by atoms with van der Waals surface area (Å²) in [5.74, 6) is -0.356. The van der Waals surface area contributed by atoms with Crippen molar-refractivity contribution < 1.29 is 14.0 Å². The van der Waals surface area contributed by atoms with E-state index in [0.29, 0.717) is 0 Å². The molecule has 0 heterocycles. The van der Waals surface area contributed by atoms with Gasteiger partial charge >= 0.3 is 5.97 Å². The van der Waals surface area contributed by atoms with Gasteiger partial charge in [0.2, 0.25) is 0 Å². The Morgan fingerprint density at radius 3 is 1.81 bits per heavy atom. The summed E-state index contributed by atoms with van der Waals surface area (Å²) in [6.45, 7) is 14.2. The van der Waals surface area contributed by atoms with Crippen LogP contribution in [0.2, 0.25) is 5.04 Å². The number of hydrogen-bond acceptors (Lipinski definition) is 3. The van der Waals surface area contributed by atoms with Gasteiger partial charge in [-0.05, 0) is 34.8 Å². The van der Waals surface area contributed by atoms with Crippen LogP contribution in [-0.4, -0.2) is 27.0 Å². The van der Waals surface area contributed by atoms with E-state index < -0.39 is 14.4 Å². The molecule has 2 aromatic carbocycles. The smallest absolute Gasteiger partial charge is 0.334 e. The van der Waals surface area contributed by atoms with Crippen molar-refractivity contribution in [2.24, 2.45) is 0 Å². The van der Waals surface area contributed by atoms with Crippen molar-refractivity contribution in [1.29, 1.82) is 0 Å². The molecule has 0 fully saturated rings. The van der Waals surface area contributed by atoms with Gasteiger partial charge in [-0.15, -0.1) is 0 Å². The molecule has 144 valence electrons. The molecule has 0 N–H and O–H groups in total. The lowest BCUT2D eigenvalue weighted by Gasteiger charge is -2.44. The van der Waals surface area contributed by atoms with Gasteiger partial charge in [-0.2, -0.15) is 0 Å². The topological polar surface area (TPSA) is 35.5 Å². The number of ether oxygens (including phenoxy) is 1. The van der Waals surface area contributed by atoms with Crippen molar-refractivity contribution in [1.82, 2.24) is 0 Å². The normalized spacial score (nSPS) is 13.1. The lowest BCUT2D eigenvalue weighted by Crippen LogP contribution is -2.68. The van der Waals surface area contributed by atoms with Crippen LogP contribution in [0.1, 0.15) is 34.6 Å². The molecule has 0 amide bonds. The maximum Gasteiger partial charge on any atom is 0.334 e. The van der Waals surface area contributed by atoms with Crippen LogP contribution < -0.4 is 10.4 Å². The number of rotatable bonds is 7. The van der Waals surface area contributed by atoms with Gasteiger partial charge in [-0.3, -0.25) is 0 Å². The molecule has 0 unspecified atom stereocenters. The summed E-state index contributed by atoms with van der Waals surface area (Å²) in [5, 5.41) is 2.10. The molecular weight excluding hydrogens is 352 g/mol. The minimum Gasteiger partial charge on any atom is -0.459 e. The molecule has 0 aromatic heterocycles. The Morgan fingerprint density at radius 1 is 1.00 bits per heavy atom. The van der Waals surface area contributed by atoms with Crippen LogP contribution in [-0.2, 0) is 14.0 Å². The Labute approximate surface area is 164 Å². The van der Waals surface area contributed by atoms with Crippen LogP contribution in [0.5, 0.6) is 0 Å². The Morgan fingerprint density at radius 2 is 1.44 bits per heavy atom. The Bertz CT molecular complexity index is 724. The molecule has 0 saturated heterocycles. The minimum absolute atomic E-state index is 0.182. The standard InChI is InChI=1S/C23H30O3Si/c1-18(2)17-25-22(24)19(3)26-27(23(4,5)6,20-13-9-7-10-14-20)21-15-11-8-12-16-21/h7-16,19H,1,17H2,2-6H3/t19-/m0/s1. The van der Waals surface area contributed by atoms with Crippen LogP contribution in [0.3, 0.4) is 0 Å². The van der Waals surface area contributed by atoms with E-state index in [0.717, 1.165) is 15.9 Å². The molecule has 0 aliphatic rings. The Kier molecular flexibility index (Phi) is 6.79. The average Bonchev–Trinajstić information content (AvgIpc) is 2.64. The molecule has 0 spiro atoms. The fourth-order valence-corrected chi connectivity index (χ4v) is 7.96. The van der Waals surface area contributed by atoms with E-state index in [1.165, 1.54) is 0 Å². The van der Waals surface area contributed by atoms with E-state index in [1.807, 2.05) is 43.3 Å². The molecule has 3 nitrogen and oxygen atoms in total. The molecule has 0 saturated carbocycles. The first-order valence-electron chi connectivity index (χ1n) is 9.28. The summed E-state index contributed by atoms with van der Waals surface area (Å²) in [6, 6.07) is 20.5. The van der Waals surface area contributed by atoms with Crippen molar-refractivity contribution in [2.45, 2.75) is 45.8 Å². The van der Waals surface area contributed by atoms with Crippen molar-refractivity contribution in [2.75, 3.05) is 6.61 Å². The first-order valence-corrected chi connectivity index (χ1v) is 11.2. The summed E-state index contributed by atoms with van der Waals surface area (Å²) in [5.41, 5.74) is 0.806. The molecular formula is C23H30O3Si. The predicted molar refractivity (Wildman–Crippen MR) is 114 cm³/mol. The van der Waals surface area contributed by atoms with E-state index in [2.05, 4.69) is 51.6 Å². The van der Waals surface area contributed by atoms with Gasteiger partial charge in [0.15, 0.2) is 0 Å². The second kappa shape index (κ2) is 8.68. The zero-order valence-corrected chi connectivity index (χ0v) is 18.0. The third kappa shape index (κ3) is 4.76. The first kappa shape index (κ1) is 21.1. The maximum atomic E-state index is 12.5. The Hall–Kier alpha value is -2.17. The predicted octanol–water partition coefficient (Wildman–Crippen LogP) is 4.07. The van der Waals surface area contributed by atoms with Gasteiger partial charge in [0, 0.05) is 0 Å². The van der Waals surface area contributed by atoms with Crippen molar-refractivity contribution in [3.8, 4) is 0 Å². The Balaban J connectivity index is 2.52. The van der Waals surface area contributed by atoms with Gasteiger partial charge in [-0.25, -0.2) is 4.79 Å². The van der Waals surface area contributed by atoms with Gasteiger partial charge in [0.25, 0.3) is 8.32 Å². The van der Waals surface area contributed by atoms with Crippen LogP contribution in [0.25, 0.3) is 0 Å². The lowest BCUT2D eigenvalue weighted by atomic mass is 10.2. The molecule has 1 atom stereocenters. The largest absolute Gasteiger partial charge is 0.459 e. The van der Waals surface area contributed by atoms with Gasteiger partial charge in [-0.1, -0.05) is 88.0 Å². The number of hydrogen-bond donors (Lipinski definition) is 0. The summed E-state index contributed by atoms with van der Waals surface area (Å²) >= 11 is 0. The zero-order chi connectivity index (χ0) is 20.1. The third-order valence-corrected chi connectivity index (χ3v) is 9.68. The van der Waals surface area contributed by atoms with Crippen molar-refractivity contribution >= 4 is 24.7 Å². The lowest BCUT2D eigenvalue weighted by molar-refractivity contribution is -0.150. The van der Waals surface area contributed by atoms with E-state index in [-0.39, 0.29) is 17.6 Å². The first-order chi connectivity index (χ1) is 12.7. The summed E-state index contributed by atoms with van der Waals surface area (Å²) in [6.07, 6.45) is -0.671. The fourth-order valence-electron chi connectivity index (χ4n) is 3.32. The van der Waals surface area contributed by atoms with Gasteiger partial charge in [0.05, 0.1) is 0 Å². The molecule has 0 bridgehead atoms. The molecule has 2 rings (SSSR count). The van der Waals surface area contributed by atoms with Crippen LogP contribution in [0.4, 0.5) is 0 Å². The third-order valence-electron chi connectivity index (χ3n) is 4.56. The van der Waals surface area contributed by atoms with E-state index in [9.17, 15) is 4.79 Å². The molecule has 2 aromatic rings. The van der Waals surface area contributed by atoms with Gasteiger partial charge < -0.3 is 9.16 Å². The molecule has 0 radical (unpaired) electrons. The highest BCUT2D eigenvalue weighted by Crippen LogP contribution is 2.37. The number of esters is 1. The van der Waals surface area contributed by atoms with Crippen LogP contribution >= 0.6 is 0 Å². The number of benzene rings is 2. The summed E-state index contributed by atoms with van der Waals surface area (Å²) in [4.78, 5) is 12.5. The molecule has 27 heavy (non-hydrogen) atoms. The van der Waals surface area contributed by atoms with Crippen molar-refractivity contribution in [3.05, 3.63) is 72.8 Å². The zero-order valence-electron chi connectivity index (χ0n) is 17.0. The second-order valence-corrected chi connectivity index (χ2v) is 12.2. The summed E-state index contributed by atoms with van der Waals surface area (Å²) in [7, 11) is -2.75. The maximum absolute atomic E-state index is 12.5. The van der Waals surface area contributed by atoms with Gasteiger partial charge in [0.1, 0.15) is 12.7 Å². The van der Waals surface area contributed by atoms with Crippen molar-refractivity contribution in [3.63, 3.8) is 0 Å². The number of carbonyl (C=O) groups is 1. The molecule has 4 heteroatoms.